The van der Waals surface area contributed by atoms with Gasteiger partial charge >= 0.3 is 0 Å². The van der Waals surface area contributed by atoms with E-state index in [1.165, 1.54) is 0 Å². The molecule has 4 rings (SSSR count). The fourth-order valence-electron chi connectivity index (χ4n) is 2.75. The molecule has 0 spiro atoms. The minimum absolute atomic E-state index is 0.132. The fraction of sp³-hybridized carbons (Fsp3) is 0. The van der Waals surface area contributed by atoms with Gasteiger partial charge in [0.15, 0.2) is 0 Å². The number of benzene rings is 2. The second kappa shape index (κ2) is 6.01. The Balaban J connectivity index is 1.87. The molecule has 2 heterocycles. The Morgan fingerprint density at radius 2 is 1.54 bits per heavy atom. The highest BCUT2D eigenvalue weighted by atomic mass is 16.1. The Morgan fingerprint density at radius 1 is 0.833 bits per heavy atom. The fourth-order valence-corrected chi connectivity index (χ4v) is 2.75. The van der Waals surface area contributed by atoms with E-state index in [9.17, 15) is 4.79 Å². The zero-order valence-corrected chi connectivity index (χ0v) is 12.9. The summed E-state index contributed by atoms with van der Waals surface area (Å²) in [7, 11) is 0. The molecule has 0 radical (unpaired) electrons. The van der Waals surface area contributed by atoms with Crippen molar-refractivity contribution in [2.24, 2.45) is 0 Å². The molecule has 0 unspecified atom stereocenters. The van der Waals surface area contributed by atoms with Crippen molar-refractivity contribution in [2.45, 2.75) is 0 Å². The predicted octanol–water partition coefficient (Wildman–Crippen LogP) is 3.89. The number of para-hydroxylation sites is 1. The maximum Gasteiger partial charge on any atom is 0.257 e. The molecular weight excluding hydrogens is 298 g/mol. The largest absolute Gasteiger partial charge is 0.328 e. The first-order valence-corrected chi connectivity index (χ1v) is 7.71. The number of nitrogens with zero attached hydrogens (tertiary/aromatic N) is 2. The molecule has 24 heavy (non-hydrogen) atoms. The summed E-state index contributed by atoms with van der Waals surface area (Å²) in [6, 6.07) is 23.5. The van der Waals surface area contributed by atoms with Crippen molar-refractivity contribution in [3.8, 4) is 28.1 Å². The van der Waals surface area contributed by atoms with Gasteiger partial charge in [-0.25, -0.2) is 4.68 Å². The van der Waals surface area contributed by atoms with Gasteiger partial charge < -0.3 is 4.98 Å². The average molecular weight is 313 g/mol. The normalized spacial score (nSPS) is 10.7. The SMILES string of the molecule is O=c1[nH]cc(-c2ccccc2)cc1-c1ccnn1-c1ccccc1. The van der Waals surface area contributed by atoms with Crippen LogP contribution in [-0.4, -0.2) is 14.8 Å². The molecule has 4 nitrogen and oxygen atoms in total. The van der Waals surface area contributed by atoms with Gasteiger partial charge in [0.25, 0.3) is 5.56 Å². The molecule has 2 aromatic carbocycles. The van der Waals surface area contributed by atoms with Crippen LogP contribution in [0.2, 0.25) is 0 Å². The van der Waals surface area contributed by atoms with E-state index in [2.05, 4.69) is 10.1 Å². The Hall–Kier alpha value is -3.40. The van der Waals surface area contributed by atoms with Crippen LogP contribution in [0.15, 0.2) is 90.0 Å². The Labute approximate surface area is 139 Å². The lowest BCUT2D eigenvalue weighted by atomic mass is 10.0. The van der Waals surface area contributed by atoms with Crippen molar-refractivity contribution in [3.63, 3.8) is 0 Å². The predicted molar refractivity (Wildman–Crippen MR) is 95.1 cm³/mol. The van der Waals surface area contributed by atoms with Gasteiger partial charge in [-0.15, -0.1) is 0 Å². The van der Waals surface area contributed by atoms with Crippen molar-refractivity contribution in [2.75, 3.05) is 0 Å². The van der Waals surface area contributed by atoms with Crippen molar-refractivity contribution < 1.29 is 0 Å². The van der Waals surface area contributed by atoms with Gasteiger partial charge in [-0.2, -0.15) is 5.10 Å². The molecule has 116 valence electrons. The zero-order chi connectivity index (χ0) is 16.4. The quantitative estimate of drug-likeness (QED) is 0.624. The molecule has 2 aromatic heterocycles. The summed E-state index contributed by atoms with van der Waals surface area (Å²) < 4.78 is 1.78. The van der Waals surface area contributed by atoms with E-state index in [0.717, 1.165) is 22.5 Å². The van der Waals surface area contributed by atoms with E-state index in [1.54, 1.807) is 17.1 Å². The van der Waals surface area contributed by atoms with Gasteiger partial charge in [0.1, 0.15) is 0 Å². The monoisotopic (exact) mass is 313 g/mol. The van der Waals surface area contributed by atoms with Crippen molar-refractivity contribution >= 4 is 0 Å². The first-order chi connectivity index (χ1) is 11.8. The molecule has 4 heteroatoms. The smallest absolute Gasteiger partial charge is 0.257 e. The summed E-state index contributed by atoms with van der Waals surface area (Å²) in [6.07, 6.45) is 3.45. The van der Waals surface area contributed by atoms with Gasteiger partial charge in [0, 0.05) is 6.20 Å². The molecule has 0 amide bonds. The van der Waals surface area contributed by atoms with Gasteiger partial charge in [0.2, 0.25) is 0 Å². The van der Waals surface area contributed by atoms with Gasteiger partial charge in [0.05, 0.1) is 23.1 Å². The van der Waals surface area contributed by atoms with E-state index in [4.69, 9.17) is 0 Å². The van der Waals surface area contributed by atoms with Crippen LogP contribution in [0.25, 0.3) is 28.1 Å². The number of rotatable bonds is 3. The summed E-state index contributed by atoms with van der Waals surface area (Å²) in [5.74, 6) is 0. The standard InChI is InChI=1S/C20H15N3O/c24-20-18(13-16(14-21-20)15-7-3-1-4-8-15)19-11-12-22-23(19)17-9-5-2-6-10-17/h1-14H,(H,21,24). The topological polar surface area (TPSA) is 50.7 Å². The van der Waals surface area contributed by atoms with E-state index in [1.807, 2.05) is 72.8 Å². The average Bonchev–Trinajstić information content (AvgIpc) is 3.13. The van der Waals surface area contributed by atoms with Crippen molar-refractivity contribution in [3.05, 3.63) is 95.5 Å². The molecule has 0 saturated carbocycles. The lowest BCUT2D eigenvalue weighted by molar-refractivity contribution is 0.886. The molecular formula is C20H15N3O. The van der Waals surface area contributed by atoms with Crippen LogP contribution in [-0.2, 0) is 0 Å². The third kappa shape index (κ3) is 2.54. The molecule has 0 aliphatic rings. The highest BCUT2D eigenvalue weighted by molar-refractivity contribution is 5.70. The van der Waals surface area contributed by atoms with E-state index in [0.29, 0.717) is 5.56 Å². The minimum Gasteiger partial charge on any atom is -0.328 e. The molecule has 4 aromatic rings. The molecule has 0 aliphatic carbocycles. The Morgan fingerprint density at radius 3 is 2.29 bits per heavy atom. The molecule has 1 N–H and O–H groups in total. The van der Waals surface area contributed by atoms with Crippen LogP contribution >= 0.6 is 0 Å². The summed E-state index contributed by atoms with van der Waals surface area (Å²) >= 11 is 0. The molecule has 0 aliphatic heterocycles. The third-order valence-electron chi connectivity index (χ3n) is 3.93. The summed E-state index contributed by atoms with van der Waals surface area (Å²) in [5.41, 5.74) is 4.17. The second-order valence-corrected chi connectivity index (χ2v) is 5.46. The molecule has 0 saturated heterocycles. The van der Waals surface area contributed by atoms with E-state index in [-0.39, 0.29) is 5.56 Å². The van der Waals surface area contributed by atoms with Gasteiger partial charge in [-0.1, -0.05) is 48.5 Å². The highest BCUT2D eigenvalue weighted by Crippen LogP contribution is 2.24. The number of aromatic nitrogens is 3. The Kier molecular flexibility index (Phi) is 3.56. The second-order valence-electron chi connectivity index (χ2n) is 5.46. The van der Waals surface area contributed by atoms with E-state index >= 15 is 0 Å². The summed E-state index contributed by atoms with van der Waals surface area (Å²) in [5, 5.41) is 4.37. The number of hydrogen-bond donors (Lipinski definition) is 1. The molecule has 0 fully saturated rings. The number of H-pyrrole nitrogens is 1. The minimum atomic E-state index is -0.132. The first-order valence-electron chi connectivity index (χ1n) is 7.71. The van der Waals surface area contributed by atoms with Gasteiger partial charge in [-0.05, 0) is 35.4 Å². The molecule has 0 bridgehead atoms. The number of nitrogens with one attached hydrogen (secondary N) is 1. The number of aromatic amines is 1. The molecule has 0 atom stereocenters. The number of hydrogen-bond acceptors (Lipinski definition) is 2. The lowest BCUT2D eigenvalue weighted by Gasteiger charge is -2.08. The lowest BCUT2D eigenvalue weighted by Crippen LogP contribution is -2.11. The van der Waals surface area contributed by atoms with E-state index < -0.39 is 0 Å². The van der Waals surface area contributed by atoms with Crippen LogP contribution < -0.4 is 5.56 Å². The Bertz CT molecular complexity index is 1020. The summed E-state index contributed by atoms with van der Waals surface area (Å²) in [4.78, 5) is 15.2. The van der Waals surface area contributed by atoms with Gasteiger partial charge in [-0.3, -0.25) is 4.79 Å². The van der Waals surface area contributed by atoms with Crippen LogP contribution in [0.3, 0.4) is 0 Å². The van der Waals surface area contributed by atoms with Crippen LogP contribution in [0.1, 0.15) is 0 Å². The zero-order valence-electron chi connectivity index (χ0n) is 12.9. The maximum absolute atomic E-state index is 12.4. The van der Waals surface area contributed by atoms with Crippen LogP contribution in [0.5, 0.6) is 0 Å². The number of pyridine rings is 1. The van der Waals surface area contributed by atoms with Crippen molar-refractivity contribution in [1.29, 1.82) is 0 Å². The van der Waals surface area contributed by atoms with Crippen LogP contribution in [0, 0.1) is 0 Å². The first kappa shape index (κ1) is 14.2. The third-order valence-corrected chi connectivity index (χ3v) is 3.93. The highest BCUT2D eigenvalue weighted by Gasteiger charge is 2.12. The van der Waals surface area contributed by atoms with Crippen LogP contribution in [0.4, 0.5) is 0 Å². The van der Waals surface area contributed by atoms with Crippen molar-refractivity contribution in [1.82, 2.24) is 14.8 Å². The summed E-state index contributed by atoms with van der Waals surface area (Å²) in [6.45, 7) is 0. The maximum atomic E-state index is 12.4.